The van der Waals surface area contributed by atoms with E-state index in [9.17, 15) is 0 Å². The van der Waals surface area contributed by atoms with Crippen LogP contribution in [0.4, 0.5) is 5.82 Å². The van der Waals surface area contributed by atoms with Crippen LogP contribution in [-0.2, 0) is 0 Å². The van der Waals surface area contributed by atoms with Crippen molar-refractivity contribution >= 4 is 5.82 Å². The number of anilines is 1. The van der Waals surface area contributed by atoms with Crippen molar-refractivity contribution in [1.29, 1.82) is 0 Å². The highest BCUT2D eigenvalue weighted by Crippen LogP contribution is 2.32. The van der Waals surface area contributed by atoms with Gasteiger partial charge in [-0.15, -0.1) is 0 Å². The first-order valence-corrected chi connectivity index (χ1v) is 7.19. The third-order valence-corrected chi connectivity index (χ3v) is 3.92. The summed E-state index contributed by atoms with van der Waals surface area (Å²) in [5.41, 5.74) is 8.22. The molecule has 2 N–H and O–H groups in total. The summed E-state index contributed by atoms with van der Waals surface area (Å²) in [5.74, 6) is 0.632. The largest absolute Gasteiger partial charge is 0.384 e. The minimum atomic E-state index is 0.554. The Morgan fingerprint density at radius 3 is 2.94 bits per heavy atom. The molecule has 0 unspecified atom stereocenters. The highest BCUT2D eigenvalue weighted by molar-refractivity contribution is 5.35. The molecule has 0 radical (unpaired) electrons. The third-order valence-electron chi connectivity index (χ3n) is 3.92. The number of piperidine rings is 1. The molecule has 0 bridgehead atoms. The SMILES string of the molecule is CCCCN1CCCC[C@@H]1c1ccc(N)nc1C. The number of rotatable bonds is 4. The monoisotopic (exact) mass is 247 g/mol. The van der Waals surface area contributed by atoms with Gasteiger partial charge in [-0.25, -0.2) is 4.98 Å². The second kappa shape index (κ2) is 6.19. The molecule has 18 heavy (non-hydrogen) atoms. The van der Waals surface area contributed by atoms with Crippen molar-refractivity contribution in [2.75, 3.05) is 18.8 Å². The number of unbranched alkanes of at least 4 members (excludes halogenated alkanes) is 1. The molecule has 2 heterocycles. The number of pyridine rings is 1. The van der Waals surface area contributed by atoms with Crippen LogP contribution in [0.1, 0.15) is 56.3 Å². The molecule has 0 spiro atoms. The molecule has 1 atom stereocenters. The molecule has 100 valence electrons. The van der Waals surface area contributed by atoms with Gasteiger partial charge in [-0.05, 0) is 50.9 Å². The van der Waals surface area contributed by atoms with E-state index in [1.165, 1.54) is 50.8 Å². The average Bonchev–Trinajstić information content (AvgIpc) is 2.37. The summed E-state index contributed by atoms with van der Waals surface area (Å²) in [6.07, 6.45) is 6.48. The Morgan fingerprint density at radius 2 is 2.22 bits per heavy atom. The van der Waals surface area contributed by atoms with Crippen molar-refractivity contribution < 1.29 is 0 Å². The second-order valence-corrected chi connectivity index (χ2v) is 5.31. The lowest BCUT2D eigenvalue weighted by molar-refractivity contribution is 0.146. The molecule has 1 aromatic heterocycles. The lowest BCUT2D eigenvalue weighted by Gasteiger charge is -2.36. The van der Waals surface area contributed by atoms with Crippen LogP contribution in [0.5, 0.6) is 0 Å². The summed E-state index contributed by atoms with van der Waals surface area (Å²) >= 11 is 0. The van der Waals surface area contributed by atoms with Crippen molar-refractivity contribution in [2.24, 2.45) is 0 Å². The highest BCUT2D eigenvalue weighted by atomic mass is 15.2. The normalized spacial score (nSPS) is 21.1. The molecule has 0 saturated carbocycles. The molecular weight excluding hydrogens is 222 g/mol. The van der Waals surface area contributed by atoms with Crippen LogP contribution < -0.4 is 5.73 Å². The molecule has 1 aliphatic heterocycles. The van der Waals surface area contributed by atoms with Gasteiger partial charge >= 0.3 is 0 Å². The van der Waals surface area contributed by atoms with Gasteiger partial charge in [-0.1, -0.05) is 25.8 Å². The zero-order valence-corrected chi connectivity index (χ0v) is 11.7. The van der Waals surface area contributed by atoms with E-state index in [0.717, 1.165) is 5.69 Å². The van der Waals surface area contributed by atoms with E-state index in [0.29, 0.717) is 11.9 Å². The first kappa shape index (κ1) is 13.3. The molecule has 1 fully saturated rings. The number of nitrogens with zero attached hydrogens (tertiary/aromatic N) is 2. The summed E-state index contributed by atoms with van der Waals surface area (Å²) in [4.78, 5) is 7.05. The predicted octanol–water partition coefficient (Wildman–Crippen LogP) is 3.30. The summed E-state index contributed by atoms with van der Waals surface area (Å²) < 4.78 is 0. The van der Waals surface area contributed by atoms with Gasteiger partial charge in [-0.3, -0.25) is 4.90 Å². The van der Waals surface area contributed by atoms with E-state index < -0.39 is 0 Å². The fourth-order valence-corrected chi connectivity index (χ4v) is 2.92. The molecule has 1 saturated heterocycles. The van der Waals surface area contributed by atoms with E-state index in [4.69, 9.17) is 5.73 Å². The summed E-state index contributed by atoms with van der Waals surface area (Å²) in [7, 11) is 0. The first-order valence-electron chi connectivity index (χ1n) is 7.19. The van der Waals surface area contributed by atoms with Crippen molar-refractivity contribution in [2.45, 2.75) is 52.0 Å². The van der Waals surface area contributed by atoms with Crippen LogP contribution in [-0.4, -0.2) is 23.0 Å². The molecule has 3 heteroatoms. The number of aromatic nitrogens is 1. The van der Waals surface area contributed by atoms with Crippen molar-refractivity contribution in [3.63, 3.8) is 0 Å². The van der Waals surface area contributed by atoms with Gasteiger partial charge in [0.2, 0.25) is 0 Å². The Bertz CT molecular complexity index is 389. The molecule has 3 nitrogen and oxygen atoms in total. The van der Waals surface area contributed by atoms with Crippen LogP contribution in [0.3, 0.4) is 0 Å². The van der Waals surface area contributed by atoms with Gasteiger partial charge in [0.05, 0.1) is 0 Å². The van der Waals surface area contributed by atoms with Crippen molar-refractivity contribution in [3.8, 4) is 0 Å². The number of hydrogen-bond acceptors (Lipinski definition) is 3. The Kier molecular flexibility index (Phi) is 4.59. The maximum Gasteiger partial charge on any atom is 0.123 e. The number of likely N-dealkylation sites (tertiary alicyclic amines) is 1. The Morgan fingerprint density at radius 1 is 1.39 bits per heavy atom. The zero-order valence-electron chi connectivity index (χ0n) is 11.7. The van der Waals surface area contributed by atoms with Gasteiger partial charge < -0.3 is 5.73 Å². The van der Waals surface area contributed by atoms with Gasteiger partial charge in [0, 0.05) is 11.7 Å². The lowest BCUT2D eigenvalue weighted by Crippen LogP contribution is -2.34. The van der Waals surface area contributed by atoms with Crippen LogP contribution in [0.25, 0.3) is 0 Å². The fraction of sp³-hybridized carbons (Fsp3) is 0.667. The molecule has 1 aliphatic rings. The third kappa shape index (κ3) is 3.02. The first-order chi connectivity index (χ1) is 8.72. The number of aryl methyl sites for hydroxylation is 1. The van der Waals surface area contributed by atoms with E-state index >= 15 is 0 Å². The zero-order chi connectivity index (χ0) is 13.0. The maximum absolute atomic E-state index is 5.75. The number of nitrogen functional groups attached to an aromatic ring is 1. The molecule has 0 amide bonds. The van der Waals surface area contributed by atoms with Gasteiger partial charge in [0.15, 0.2) is 0 Å². The average molecular weight is 247 g/mol. The number of nitrogens with two attached hydrogens (primary N) is 1. The highest BCUT2D eigenvalue weighted by Gasteiger charge is 2.24. The Hall–Kier alpha value is -1.09. The van der Waals surface area contributed by atoms with Crippen molar-refractivity contribution in [1.82, 2.24) is 9.88 Å². The fourth-order valence-electron chi connectivity index (χ4n) is 2.92. The van der Waals surface area contributed by atoms with Crippen LogP contribution in [0.15, 0.2) is 12.1 Å². The summed E-state index contributed by atoms with van der Waals surface area (Å²) in [6, 6.07) is 4.67. The summed E-state index contributed by atoms with van der Waals surface area (Å²) in [5, 5.41) is 0. The van der Waals surface area contributed by atoms with Crippen LogP contribution in [0.2, 0.25) is 0 Å². The van der Waals surface area contributed by atoms with E-state index in [1.807, 2.05) is 6.07 Å². The van der Waals surface area contributed by atoms with Gasteiger partial charge in [0.25, 0.3) is 0 Å². The van der Waals surface area contributed by atoms with E-state index in [1.54, 1.807) is 0 Å². The minimum absolute atomic E-state index is 0.554. The molecule has 2 rings (SSSR count). The standard InChI is InChI=1S/C15H25N3/c1-3-4-10-18-11-6-5-7-14(18)13-8-9-15(16)17-12(13)2/h8-9,14H,3-7,10-11H2,1-2H3,(H2,16,17)/t14-/m1/s1. The maximum atomic E-state index is 5.75. The number of hydrogen-bond donors (Lipinski definition) is 1. The smallest absolute Gasteiger partial charge is 0.123 e. The van der Waals surface area contributed by atoms with Crippen LogP contribution >= 0.6 is 0 Å². The lowest BCUT2D eigenvalue weighted by atomic mass is 9.94. The van der Waals surface area contributed by atoms with E-state index in [2.05, 4.69) is 29.8 Å². The van der Waals surface area contributed by atoms with Crippen LogP contribution in [0, 0.1) is 6.92 Å². The molecular formula is C15H25N3. The Balaban J connectivity index is 2.16. The predicted molar refractivity (Wildman–Crippen MR) is 76.5 cm³/mol. The minimum Gasteiger partial charge on any atom is -0.384 e. The quantitative estimate of drug-likeness (QED) is 0.887. The van der Waals surface area contributed by atoms with E-state index in [-0.39, 0.29) is 0 Å². The van der Waals surface area contributed by atoms with Crippen molar-refractivity contribution in [3.05, 3.63) is 23.4 Å². The Labute approximate surface area is 110 Å². The molecule has 0 aromatic carbocycles. The summed E-state index contributed by atoms with van der Waals surface area (Å²) in [6.45, 7) is 6.78. The molecule has 0 aliphatic carbocycles. The van der Waals surface area contributed by atoms with Gasteiger partial charge in [-0.2, -0.15) is 0 Å². The topological polar surface area (TPSA) is 42.1 Å². The van der Waals surface area contributed by atoms with Gasteiger partial charge in [0.1, 0.15) is 5.82 Å². The second-order valence-electron chi connectivity index (χ2n) is 5.31. The molecule has 1 aromatic rings.